The zero-order valence-corrected chi connectivity index (χ0v) is 12.0. The number of nitrogen functional groups attached to an aromatic ring is 1. The van der Waals surface area contributed by atoms with Gasteiger partial charge in [0.1, 0.15) is 5.75 Å². The Kier molecular flexibility index (Phi) is 4.95. The molecule has 1 aromatic heterocycles. The Balaban J connectivity index is 2.03. The van der Waals surface area contributed by atoms with E-state index in [9.17, 15) is 4.79 Å². The molecule has 2 rings (SSSR count). The van der Waals surface area contributed by atoms with Crippen LogP contribution >= 0.6 is 11.3 Å². The second-order valence-electron chi connectivity index (χ2n) is 3.97. The first-order valence-corrected chi connectivity index (χ1v) is 7.17. The fraction of sp³-hybridized carbons (Fsp3) is 0.286. The van der Waals surface area contributed by atoms with Gasteiger partial charge < -0.3 is 15.2 Å². The van der Waals surface area contributed by atoms with E-state index in [0.29, 0.717) is 17.5 Å². The monoisotopic (exact) mass is 292 g/mol. The number of esters is 1. The number of carbonyl (C=O) groups is 1. The van der Waals surface area contributed by atoms with Gasteiger partial charge in [-0.2, -0.15) is 0 Å². The number of ether oxygens (including phenoxy) is 2. The minimum Gasteiger partial charge on any atom is -0.492 e. The van der Waals surface area contributed by atoms with Gasteiger partial charge in [0.05, 0.1) is 25.3 Å². The van der Waals surface area contributed by atoms with Gasteiger partial charge in [-0.15, -0.1) is 11.3 Å². The zero-order valence-electron chi connectivity index (χ0n) is 11.2. The first-order valence-electron chi connectivity index (χ1n) is 6.29. The molecule has 0 saturated heterocycles. The number of anilines is 1. The number of aromatic nitrogens is 1. The summed E-state index contributed by atoms with van der Waals surface area (Å²) in [4.78, 5) is 15.5. The van der Waals surface area contributed by atoms with E-state index in [1.807, 2.05) is 29.6 Å². The summed E-state index contributed by atoms with van der Waals surface area (Å²) in [5.74, 6) is 0.421. The van der Waals surface area contributed by atoms with Crippen LogP contribution in [0.4, 0.5) is 5.13 Å². The number of hydrogen-bond acceptors (Lipinski definition) is 6. The molecule has 1 aromatic carbocycles. The average Bonchev–Trinajstić information content (AvgIpc) is 2.86. The van der Waals surface area contributed by atoms with Crippen molar-refractivity contribution in [3.63, 3.8) is 0 Å². The molecule has 0 unspecified atom stereocenters. The van der Waals surface area contributed by atoms with Crippen molar-refractivity contribution < 1.29 is 14.3 Å². The maximum Gasteiger partial charge on any atom is 0.309 e. The molecule has 0 aliphatic rings. The van der Waals surface area contributed by atoms with Crippen LogP contribution in [0.2, 0.25) is 0 Å². The van der Waals surface area contributed by atoms with Crippen LogP contribution in [0.5, 0.6) is 5.75 Å². The minimum atomic E-state index is -0.261. The fourth-order valence-corrected chi connectivity index (χ4v) is 2.26. The Bertz CT molecular complexity index is 583. The second-order valence-corrected chi connectivity index (χ2v) is 4.86. The summed E-state index contributed by atoms with van der Waals surface area (Å²) in [6.07, 6.45) is 0.224. The molecule has 0 spiro atoms. The van der Waals surface area contributed by atoms with Crippen LogP contribution in [-0.4, -0.2) is 24.2 Å². The van der Waals surface area contributed by atoms with Crippen molar-refractivity contribution in [2.45, 2.75) is 13.3 Å². The van der Waals surface area contributed by atoms with Gasteiger partial charge in [0.15, 0.2) is 5.13 Å². The second kappa shape index (κ2) is 6.91. The molecule has 2 aromatic rings. The first-order chi connectivity index (χ1) is 9.70. The lowest BCUT2D eigenvalue weighted by Crippen LogP contribution is -2.09. The lowest BCUT2D eigenvalue weighted by Gasteiger charge is -2.09. The third-order valence-corrected chi connectivity index (χ3v) is 3.23. The lowest BCUT2D eigenvalue weighted by molar-refractivity contribution is -0.143. The largest absolute Gasteiger partial charge is 0.492 e. The van der Waals surface area contributed by atoms with E-state index in [1.165, 1.54) is 11.3 Å². The molecule has 0 aliphatic heterocycles. The van der Waals surface area contributed by atoms with Gasteiger partial charge >= 0.3 is 5.97 Å². The summed E-state index contributed by atoms with van der Waals surface area (Å²) in [6, 6.07) is 7.53. The Hall–Kier alpha value is -2.08. The normalized spacial score (nSPS) is 10.2. The number of para-hydroxylation sites is 1. The molecule has 0 atom stereocenters. The summed E-state index contributed by atoms with van der Waals surface area (Å²) in [6.45, 7) is 2.43. The summed E-state index contributed by atoms with van der Waals surface area (Å²) >= 11 is 1.38. The van der Waals surface area contributed by atoms with Crippen molar-refractivity contribution in [3.05, 3.63) is 29.6 Å². The lowest BCUT2D eigenvalue weighted by atomic mass is 10.1. The minimum absolute atomic E-state index is 0.224. The van der Waals surface area contributed by atoms with Gasteiger partial charge in [-0.25, -0.2) is 4.98 Å². The third kappa shape index (κ3) is 3.71. The molecular weight excluding hydrogens is 276 g/mol. The maximum absolute atomic E-state index is 11.3. The molecule has 0 saturated carbocycles. The van der Waals surface area contributed by atoms with E-state index in [-0.39, 0.29) is 19.0 Å². The van der Waals surface area contributed by atoms with Crippen molar-refractivity contribution in [1.82, 2.24) is 4.98 Å². The Morgan fingerprint density at radius 1 is 1.40 bits per heavy atom. The Morgan fingerprint density at radius 2 is 2.20 bits per heavy atom. The number of thiazole rings is 1. The van der Waals surface area contributed by atoms with E-state index in [1.54, 1.807) is 6.92 Å². The van der Waals surface area contributed by atoms with Gasteiger partial charge in [-0.05, 0) is 19.1 Å². The van der Waals surface area contributed by atoms with Gasteiger partial charge in [0.2, 0.25) is 0 Å². The molecule has 0 radical (unpaired) electrons. The number of carbonyl (C=O) groups excluding carboxylic acids is 1. The molecule has 0 fully saturated rings. The fourth-order valence-electron chi connectivity index (χ4n) is 1.69. The first kappa shape index (κ1) is 14.3. The van der Waals surface area contributed by atoms with E-state index >= 15 is 0 Å². The number of rotatable bonds is 6. The highest BCUT2D eigenvalue weighted by Gasteiger charge is 2.10. The molecular formula is C14H16N2O3S. The molecule has 2 N–H and O–H groups in total. The number of hydrogen-bond donors (Lipinski definition) is 1. The van der Waals surface area contributed by atoms with Crippen LogP contribution < -0.4 is 10.5 Å². The summed E-state index contributed by atoms with van der Waals surface area (Å²) < 4.78 is 10.5. The van der Waals surface area contributed by atoms with Gasteiger partial charge in [-0.3, -0.25) is 4.79 Å². The maximum atomic E-state index is 11.3. The predicted molar refractivity (Wildman–Crippen MR) is 78.7 cm³/mol. The zero-order chi connectivity index (χ0) is 14.4. The number of nitrogens with zero attached hydrogens (tertiary/aromatic N) is 1. The topological polar surface area (TPSA) is 74.4 Å². The predicted octanol–water partition coefficient (Wildman–Crippen LogP) is 2.72. The summed E-state index contributed by atoms with van der Waals surface area (Å²) in [7, 11) is 0. The SMILES string of the molecule is CCOC(=O)CCOc1ccccc1-c1csc(N)n1. The van der Waals surface area contributed by atoms with Gasteiger partial charge in [0.25, 0.3) is 0 Å². The van der Waals surface area contributed by atoms with E-state index in [4.69, 9.17) is 15.2 Å². The van der Waals surface area contributed by atoms with E-state index < -0.39 is 0 Å². The van der Waals surface area contributed by atoms with Crippen LogP contribution in [0.1, 0.15) is 13.3 Å². The standard InChI is InChI=1S/C14H16N2O3S/c1-2-18-13(17)7-8-19-12-6-4-3-5-10(12)11-9-20-14(15)16-11/h3-6,9H,2,7-8H2,1H3,(H2,15,16). The van der Waals surface area contributed by atoms with Crippen LogP contribution in [0.15, 0.2) is 29.6 Å². The summed E-state index contributed by atoms with van der Waals surface area (Å²) in [5, 5.41) is 2.39. The van der Waals surface area contributed by atoms with Crippen LogP contribution in [0, 0.1) is 0 Å². The van der Waals surface area contributed by atoms with Crippen LogP contribution in [0.3, 0.4) is 0 Å². The molecule has 0 aliphatic carbocycles. The highest BCUT2D eigenvalue weighted by atomic mass is 32.1. The number of nitrogens with two attached hydrogens (primary N) is 1. The van der Waals surface area contributed by atoms with E-state index in [2.05, 4.69) is 4.98 Å². The Morgan fingerprint density at radius 3 is 2.90 bits per heavy atom. The van der Waals surface area contributed by atoms with Gasteiger partial charge in [0, 0.05) is 10.9 Å². The average molecular weight is 292 g/mol. The molecule has 6 heteroatoms. The van der Waals surface area contributed by atoms with Gasteiger partial charge in [-0.1, -0.05) is 12.1 Å². The van der Waals surface area contributed by atoms with Crippen molar-refractivity contribution in [1.29, 1.82) is 0 Å². The molecule has 20 heavy (non-hydrogen) atoms. The summed E-state index contributed by atoms with van der Waals surface area (Å²) in [5.41, 5.74) is 7.29. The molecule has 106 valence electrons. The van der Waals surface area contributed by atoms with E-state index in [0.717, 1.165) is 11.3 Å². The molecule has 1 heterocycles. The smallest absolute Gasteiger partial charge is 0.309 e. The highest BCUT2D eigenvalue weighted by molar-refractivity contribution is 7.13. The molecule has 0 bridgehead atoms. The quantitative estimate of drug-likeness (QED) is 0.829. The Labute approximate surface area is 121 Å². The number of benzene rings is 1. The molecule has 0 amide bonds. The molecule has 5 nitrogen and oxygen atoms in total. The highest BCUT2D eigenvalue weighted by Crippen LogP contribution is 2.31. The van der Waals surface area contributed by atoms with Crippen LogP contribution in [0.25, 0.3) is 11.3 Å². The van der Waals surface area contributed by atoms with Crippen molar-refractivity contribution in [2.24, 2.45) is 0 Å². The van der Waals surface area contributed by atoms with Crippen molar-refractivity contribution in [3.8, 4) is 17.0 Å². The van der Waals surface area contributed by atoms with Crippen molar-refractivity contribution >= 4 is 22.4 Å². The third-order valence-electron chi connectivity index (χ3n) is 2.55. The van der Waals surface area contributed by atoms with Crippen molar-refractivity contribution in [2.75, 3.05) is 18.9 Å². The van der Waals surface area contributed by atoms with Crippen LogP contribution in [-0.2, 0) is 9.53 Å².